The molecule has 7 atom stereocenters. The molecule has 0 unspecified atom stereocenters. The van der Waals surface area contributed by atoms with E-state index in [2.05, 4.69) is 6.92 Å². The van der Waals surface area contributed by atoms with E-state index in [0.717, 1.165) is 18.4 Å². The number of hydrogen-bond acceptors (Lipinski definition) is 6. The van der Waals surface area contributed by atoms with Gasteiger partial charge in [0.1, 0.15) is 5.60 Å². The van der Waals surface area contributed by atoms with Crippen molar-refractivity contribution in [3.63, 3.8) is 0 Å². The summed E-state index contributed by atoms with van der Waals surface area (Å²) in [5.41, 5.74) is -2.10. The maximum Gasteiger partial charge on any atom is 0.220 e. The summed E-state index contributed by atoms with van der Waals surface area (Å²) in [5.74, 6) is -0.978. The van der Waals surface area contributed by atoms with Crippen LogP contribution in [-0.2, 0) is 9.59 Å². The van der Waals surface area contributed by atoms with E-state index in [4.69, 9.17) is 0 Å². The molecule has 3 saturated carbocycles. The van der Waals surface area contributed by atoms with Gasteiger partial charge in [0.25, 0.3) is 0 Å². The van der Waals surface area contributed by atoms with Crippen molar-refractivity contribution in [2.24, 2.45) is 28.6 Å². The molecule has 4 rings (SSSR count). The van der Waals surface area contributed by atoms with E-state index in [-0.39, 0.29) is 36.4 Å². The molecule has 0 heterocycles. The highest BCUT2D eigenvalue weighted by atomic mass is 16.5. The first-order valence-corrected chi connectivity index (χ1v) is 9.80. The van der Waals surface area contributed by atoms with Gasteiger partial charge in [0.15, 0.2) is 5.78 Å². The monoisotopic (exact) mass is 376 g/mol. The lowest BCUT2D eigenvalue weighted by molar-refractivity contribution is -0.194. The summed E-state index contributed by atoms with van der Waals surface area (Å²) in [5, 5.41) is 41.1. The molecule has 0 aliphatic heterocycles. The highest BCUT2D eigenvalue weighted by molar-refractivity contribution is 6.01. The van der Waals surface area contributed by atoms with Gasteiger partial charge in [-0.2, -0.15) is 0 Å². The topological polar surface area (TPSA) is 115 Å². The lowest BCUT2D eigenvalue weighted by Crippen LogP contribution is -2.62. The van der Waals surface area contributed by atoms with Crippen LogP contribution < -0.4 is 0 Å². The average Bonchev–Trinajstić information content (AvgIpc) is 2.86. The van der Waals surface area contributed by atoms with Crippen molar-refractivity contribution in [2.75, 3.05) is 0 Å². The predicted molar refractivity (Wildman–Crippen MR) is 96.2 cm³/mol. The summed E-state index contributed by atoms with van der Waals surface area (Å²) in [7, 11) is 0. The molecule has 148 valence electrons. The molecule has 6 nitrogen and oxygen atoms in total. The molecule has 0 aromatic heterocycles. The Balaban J connectivity index is 1.74. The predicted octanol–water partition coefficient (Wildman–Crippen LogP) is 0.876. The quantitative estimate of drug-likeness (QED) is 0.532. The number of carbonyl (C=O) groups excluding carboxylic acids is 2. The summed E-state index contributed by atoms with van der Waals surface area (Å²) >= 11 is 0. The van der Waals surface area contributed by atoms with Crippen LogP contribution >= 0.6 is 0 Å². The molecule has 4 aliphatic carbocycles. The van der Waals surface area contributed by atoms with Crippen LogP contribution in [0.1, 0.15) is 46.0 Å². The van der Waals surface area contributed by atoms with E-state index >= 15 is 0 Å². The number of allylic oxidation sites excluding steroid dienone is 4. The molecule has 0 aromatic carbocycles. The first-order chi connectivity index (χ1) is 12.5. The van der Waals surface area contributed by atoms with Crippen LogP contribution in [0.5, 0.6) is 0 Å². The summed E-state index contributed by atoms with van der Waals surface area (Å²) in [6.07, 6.45) is 4.75. The van der Waals surface area contributed by atoms with Crippen molar-refractivity contribution in [2.45, 2.75) is 63.9 Å². The van der Waals surface area contributed by atoms with Gasteiger partial charge in [0.05, 0.1) is 6.10 Å². The summed E-state index contributed by atoms with van der Waals surface area (Å²) in [4.78, 5) is 24.2. The molecule has 0 amide bonds. The van der Waals surface area contributed by atoms with E-state index in [1.807, 2.05) is 6.08 Å². The van der Waals surface area contributed by atoms with Crippen LogP contribution in [0.4, 0.5) is 0 Å². The Bertz CT molecular complexity index is 754. The minimum Gasteiger partial charge on any atom is -0.393 e. The van der Waals surface area contributed by atoms with Crippen molar-refractivity contribution in [1.29, 1.82) is 0 Å². The van der Waals surface area contributed by atoms with Gasteiger partial charge in [-0.1, -0.05) is 25.5 Å². The van der Waals surface area contributed by atoms with Crippen LogP contribution in [0.2, 0.25) is 0 Å². The van der Waals surface area contributed by atoms with Gasteiger partial charge in [0.2, 0.25) is 12.1 Å². The minimum atomic E-state index is -2.22. The summed E-state index contributed by atoms with van der Waals surface area (Å²) in [6, 6.07) is 0. The number of aliphatic hydroxyl groups is 4. The third-order valence-electron chi connectivity index (χ3n) is 8.29. The summed E-state index contributed by atoms with van der Waals surface area (Å²) < 4.78 is 0. The third-order valence-corrected chi connectivity index (χ3v) is 8.29. The molecule has 3 fully saturated rings. The second-order valence-electron chi connectivity index (χ2n) is 9.35. The van der Waals surface area contributed by atoms with Crippen molar-refractivity contribution < 1.29 is 30.0 Å². The van der Waals surface area contributed by atoms with E-state index in [9.17, 15) is 30.0 Å². The zero-order valence-corrected chi connectivity index (χ0v) is 15.8. The largest absolute Gasteiger partial charge is 0.393 e. The number of hydrogen-bond donors (Lipinski definition) is 4. The van der Waals surface area contributed by atoms with Crippen molar-refractivity contribution in [1.82, 2.24) is 0 Å². The molecule has 0 spiro atoms. The third kappa shape index (κ3) is 2.33. The van der Waals surface area contributed by atoms with E-state index < -0.39 is 34.6 Å². The van der Waals surface area contributed by atoms with Crippen LogP contribution in [-0.4, -0.2) is 50.0 Å². The zero-order chi connectivity index (χ0) is 19.8. The summed E-state index contributed by atoms with van der Waals surface area (Å²) in [6.45, 7) is 3.87. The Morgan fingerprint density at radius 3 is 2.63 bits per heavy atom. The van der Waals surface area contributed by atoms with Gasteiger partial charge in [-0.15, -0.1) is 0 Å². The van der Waals surface area contributed by atoms with Gasteiger partial charge in [-0.25, -0.2) is 0 Å². The molecule has 27 heavy (non-hydrogen) atoms. The highest BCUT2D eigenvalue weighted by Gasteiger charge is 2.68. The minimum absolute atomic E-state index is 0.00278. The number of rotatable bonds is 2. The smallest absolute Gasteiger partial charge is 0.220 e. The van der Waals surface area contributed by atoms with Gasteiger partial charge < -0.3 is 20.4 Å². The molecule has 4 N–H and O–H groups in total. The van der Waals surface area contributed by atoms with Crippen LogP contribution in [0.3, 0.4) is 0 Å². The molecule has 4 aliphatic rings. The Labute approximate surface area is 158 Å². The Morgan fingerprint density at radius 2 is 1.96 bits per heavy atom. The Morgan fingerprint density at radius 1 is 1.26 bits per heavy atom. The second kappa shape index (κ2) is 5.83. The van der Waals surface area contributed by atoms with Crippen molar-refractivity contribution in [3.05, 3.63) is 23.8 Å². The maximum absolute atomic E-state index is 12.4. The average molecular weight is 376 g/mol. The lowest BCUT2D eigenvalue weighted by Gasteiger charge is -2.59. The first kappa shape index (κ1) is 19.0. The molecule has 0 saturated heterocycles. The Kier molecular flexibility index (Phi) is 4.10. The first-order valence-electron chi connectivity index (χ1n) is 9.80. The van der Waals surface area contributed by atoms with Crippen molar-refractivity contribution >= 4 is 11.6 Å². The van der Waals surface area contributed by atoms with E-state index in [0.29, 0.717) is 6.42 Å². The maximum atomic E-state index is 12.4. The molecule has 0 radical (unpaired) electrons. The van der Waals surface area contributed by atoms with Gasteiger partial charge in [-0.3, -0.25) is 9.59 Å². The number of ketones is 2. The number of Topliss-reactive ketones (excluding diaryl/α,β-unsaturated/α-hetero) is 1. The molecule has 6 heteroatoms. The molecule has 0 aromatic rings. The number of carbonyl (C=O) groups is 2. The zero-order valence-electron chi connectivity index (χ0n) is 15.8. The van der Waals surface area contributed by atoms with Gasteiger partial charge in [-0.05, 0) is 56.1 Å². The molecular weight excluding hydrogens is 348 g/mol. The van der Waals surface area contributed by atoms with Crippen molar-refractivity contribution in [3.8, 4) is 0 Å². The molecule has 0 bridgehead atoms. The van der Waals surface area contributed by atoms with Gasteiger partial charge in [0, 0.05) is 16.7 Å². The number of fused-ring (bicyclic) bond motifs is 5. The molecular formula is C21H28O6. The normalized spacial score (nSPS) is 48.7. The van der Waals surface area contributed by atoms with Gasteiger partial charge >= 0.3 is 0 Å². The highest BCUT2D eigenvalue weighted by Crippen LogP contribution is 2.67. The lowest BCUT2D eigenvalue weighted by atomic mass is 9.46. The Hall–Kier alpha value is -1.34. The van der Waals surface area contributed by atoms with E-state index in [1.54, 1.807) is 19.1 Å². The number of aliphatic hydroxyl groups excluding tert-OH is 2. The van der Waals surface area contributed by atoms with E-state index in [1.165, 1.54) is 0 Å². The fraction of sp³-hybridized carbons (Fsp3) is 0.714. The van der Waals surface area contributed by atoms with Crippen LogP contribution in [0.25, 0.3) is 0 Å². The second-order valence-corrected chi connectivity index (χ2v) is 9.35. The van der Waals surface area contributed by atoms with Crippen LogP contribution in [0.15, 0.2) is 23.8 Å². The fourth-order valence-corrected chi connectivity index (χ4v) is 6.95. The van der Waals surface area contributed by atoms with Crippen LogP contribution in [0, 0.1) is 28.6 Å². The fourth-order valence-electron chi connectivity index (χ4n) is 6.95. The SMILES string of the molecule is C[C@]12C=CC(=O)C=C1CC[C@@H]1[C@@H]2[C@H](O)C[C@@]2(C)[C@H]1CC[C@]2(O)C(=O)C(O)O. The standard InChI is InChI=1S/C21H28O6/c1-19-7-5-12(22)9-11(19)3-4-13-14-6-8-21(27,17(24)18(25)26)20(14,2)10-15(23)16(13)19/h5,7,9,13-16,18,23,25-27H,3-4,6,8,10H2,1-2H3/t13-,14-,15+,16+,19-,20-,21-/m0/s1.